The molecular weight excluding hydrogens is 382 g/mol. The minimum Gasteiger partial charge on any atom is -0.326 e. The molecule has 2 aromatic rings. The van der Waals surface area contributed by atoms with Gasteiger partial charge in [-0.05, 0) is 43.7 Å². The zero-order chi connectivity index (χ0) is 19.4. The summed E-state index contributed by atoms with van der Waals surface area (Å²) in [5, 5.41) is 3.49. The highest BCUT2D eigenvalue weighted by atomic mass is 35.5. The number of nitrogens with one attached hydrogen (secondary N) is 1. The Balaban J connectivity index is 1.72. The van der Waals surface area contributed by atoms with Crippen LogP contribution in [0.3, 0.4) is 0 Å². The van der Waals surface area contributed by atoms with Gasteiger partial charge in [0.1, 0.15) is 5.25 Å². The summed E-state index contributed by atoms with van der Waals surface area (Å²) in [5.74, 6) is -0.313. The number of hydrogen-bond acceptors (Lipinski definition) is 4. The molecule has 0 bridgehead atoms. The summed E-state index contributed by atoms with van der Waals surface area (Å²) < 4.78 is 0. The van der Waals surface area contributed by atoms with E-state index < -0.39 is 5.25 Å². The molecule has 1 aliphatic heterocycles. The van der Waals surface area contributed by atoms with Gasteiger partial charge in [-0.25, -0.2) is 4.99 Å². The van der Waals surface area contributed by atoms with E-state index in [1.54, 1.807) is 29.2 Å². The summed E-state index contributed by atoms with van der Waals surface area (Å²) in [6.45, 7) is 4.40. The molecule has 0 spiro atoms. The number of carbonyl (C=O) groups excluding carboxylic acids is 2. The van der Waals surface area contributed by atoms with Crippen LogP contribution in [-0.4, -0.2) is 33.7 Å². The van der Waals surface area contributed by atoms with Crippen LogP contribution in [0.25, 0.3) is 0 Å². The van der Waals surface area contributed by atoms with E-state index in [0.29, 0.717) is 22.4 Å². The van der Waals surface area contributed by atoms with E-state index in [2.05, 4.69) is 10.3 Å². The van der Waals surface area contributed by atoms with E-state index in [0.717, 1.165) is 11.3 Å². The number of halogens is 1. The smallest absolute Gasteiger partial charge is 0.242 e. The standard InChI is InChI=1S/C20H20ClN3O2S/c1-3-24-19(26)17(12-18(25)22-15-9-6-8-14(21)11-15)27-20(24)23-16-10-5-4-7-13(16)2/h4-11,17H,3,12H2,1-2H3,(H,22,25)/t17-/m1/s1. The van der Waals surface area contributed by atoms with E-state index in [1.807, 2.05) is 38.1 Å². The van der Waals surface area contributed by atoms with E-state index in [1.165, 1.54) is 11.8 Å². The number of hydrogen-bond donors (Lipinski definition) is 1. The first-order valence-electron chi connectivity index (χ1n) is 8.65. The number of carbonyl (C=O) groups is 2. The molecule has 0 unspecified atom stereocenters. The highest BCUT2D eigenvalue weighted by Gasteiger charge is 2.38. The fraction of sp³-hybridized carbons (Fsp3) is 0.250. The molecule has 140 valence electrons. The van der Waals surface area contributed by atoms with Crippen LogP contribution >= 0.6 is 23.4 Å². The molecule has 1 fully saturated rings. The topological polar surface area (TPSA) is 61.8 Å². The van der Waals surface area contributed by atoms with E-state index in [-0.39, 0.29) is 18.2 Å². The predicted molar refractivity (Wildman–Crippen MR) is 112 cm³/mol. The molecule has 3 rings (SSSR count). The number of benzene rings is 2. The molecule has 27 heavy (non-hydrogen) atoms. The third-order valence-electron chi connectivity index (χ3n) is 4.15. The minimum atomic E-state index is -0.480. The average molecular weight is 402 g/mol. The molecule has 1 aliphatic rings. The van der Waals surface area contributed by atoms with E-state index >= 15 is 0 Å². The van der Waals surface area contributed by atoms with Gasteiger partial charge in [-0.1, -0.05) is 47.6 Å². The minimum absolute atomic E-state index is 0.0826. The zero-order valence-corrected chi connectivity index (χ0v) is 16.7. The number of anilines is 1. The molecule has 0 aromatic heterocycles. The summed E-state index contributed by atoms with van der Waals surface area (Å²) in [6, 6.07) is 14.7. The molecule has 1 atom stereocenters. The summed E-state index contributed by atoms with van der Waals surface area (Å²) in [6.07, 6.45) is 0.0826. The van der Waals surface area contributed by atoms with Crippen LogP contribution in [0, 0.1) is 6.92 Å². The largest absolute Gasteiger partial charge is 0.326 e. The normalized spacial score (nSPS) is 18.2. The van der Waals surface area contributed by atoms with Gasteiger partial charge < -0.3 is 5.32 Å². The second-order valence-electron chi connectivity index (χ2n) is 6.13. The van der Waals surface area contributed by atoms with Gasteiger partial charge in [-0.15, -0.1) is 0 Å². The van der Waals surface area contributed by atoms with Crippen molar-refractivity contribution in [3.05, 3.63) is 59.1 Å². The van der Waals surface area contributed by atoms with Crippen molar-refractivity contribution < 1.29 is 9.59 Å². The van der Waals surface area contributed by atoms with Gasteiger partial charge in [0.25, 0.3) is 0 Å². The Labute approximate surface area is 167 Å². The van der Waals surface area contributed by atoms with Crippen molar-refractivity contribution in [2.24, 2.45) is 4.99 Å². The Morgan fingerprint density at radius 3 is 2.74 bits per heavy atom. The highest BCUT2D eigenvalue weighted by molar-refractivity contribution is 8.15. The van der Waals surface area contributed by atoms with E-state index in [4.69, 9.17) is 11.6 Å². The SMILES string of the molecule is CCN1C(=O)[C@@H](CC(=O)Nc2cccc(Cl)c2)SC1=Nc1ccccc1C. The van der Waals surface area contributed by atoms with Crippen molar-refractivity contribution in [3.63, 3.8) is 0 Å². The number of para-hydroxylation sites is 1. The number of amides is 2. The lowest BCUT2D eigenvalue weighted by Gasteiger charge is -2.13. The lowest BCUT2D eigenvalue weighted by Crippen LogP contribution is -2.33. The fourth-order valence-corrected chi connectivity index (χ4v) is 4.16. The highest BCUT2D eigenvalue weighted by Crippen LogP contribution is 2.32. The van der Waals surface area contributed by atoms with Crippen LogP contribution in [0.2, 0.25) is 5.02 Å². The van der Waals surface area contributed by atoms with Crippen LogP contribution < -0.4 is 5.32 Å². The van der Waals surface area contributed by atoms with Gasteiger partial charge in [0.2, 0.25) is 11.8 Å². The molecule has 0 saturated carbocycles. The van der Waals surface area contributed by atoms with Crippen LogP contribution in [0.5, 0.6) is 0 Å². The van der Waals surface area contributed by atoms with Crippen LogP contribution in [0.15, 0.2) is 53.5 Å². The van der Waals surface area contributed by atoms with E-state index in [9.17, 15) is 9.59 Å². The van der Waals surface area contributed by atoms with Gasteiger partial charge in [0, 0.05) is 23.7 Å². The van der Waals surface area contributed by atoms with Gasteiger partial charge in [0.05, 0.1) is 5.69 Å². The number of thioether (sulfide) groups is 1. The first-order valence-corrected chi connectivity index (χ1v) is 9.91. The Bertz CT molecular complexity index is 900. The third kappa shape index (κ3) is 4.70. The van der Waals surface area contributed by atoms with Crippen molar-refractivity contribution in [1.29, 1.82) is 0 Å². The molecule has 5 nitrogen and oxygen atoms in total. The van der Waals surface area contributed by atoms with Gasteiger partial charge in [0.15, 0.2) is 5.17 Å². The zero-order valence-electron chi connectivity index (χ0n) is 15.1. The predicted octanol–water partition coefficient (Wildman–Crippen LogP) is 4.63. The first kappa shape index (κ1) is 19.5. The fourth-order valence-electron chi connectivity index (χ4n) is 2.75. The lowest BCUT2D eigenvalue weighted by molar-refractivity contribution is -0.128. The number of aryl methyl sites for hydroxylation is 1. The summed E-state index contributed by atoms with van der Waals surface area (Å²) in [7, 11) is 0. The molecule has 2 aromatic carbocycles. The Morgan fingerprint density at radius 2 is 2.04 bits per heavy atom. The maximum atomic E-state index is 12.7. The van der Waals surface area contributed by atoms with Gasteiger partial charge >= 0.3 is 0 Å². The molecule has 7 heteroatoms. The monoisotopic (exact) mass is 401 g/mol. The quantitative estimate of drug-likeness (QED) is 0.794. The molecule has 1 N–H and O–H groups in total. The summed E-state index contributed by atoms with van der Waals surface area (Å²) >= 11 is 7.27. The second-order valence-corrected chi connectivity index (χ2v) is 7.74. The van der Waals surface area contributed by atoms with Crippen molar-refractivity contribution in [3.8, 4) is 0 Å². The maximum Gasteiger partial charge on any atom is 0.242 e. The van der Waals surface area contributed by atoms with Crippen molar-refractivity contribution in [2.45, 2.75) is 25.5 Å². The van der Waals surface area contributed by atoms with Gasteiger partial charge in [-0.3, -0.25) is 14.5 Å². The molecule has 0 aliphatic carbocycles. The van der Waals surface area contributed by atoms with Crippen LogP contribution in [0.1, 0.15) is 18.9 Å². The Hall–Kier alpha value is -2.31. The van der Waals surface area contributed by atoms with Crippen LogP contribution in [0.4, 0.5) is 11.4 Å². The average Bonchev–Trinajstić information content (AvgIpc) is 2.91. The number of amidine groups is 1. The number of aliphatic imine (C=N–C) groups is 1. The molecule has 1 heterocycles. The summed E-state index contributed by atoms with van der Waals surface area (Å²) in [4.78, 5) is 31.3. The number of rotatable bonds is 5. The van der Waals surface area contributed by atoms with Crippen molar-refractivity contribution >= 4 is 51.7 Å². The molecular formula is C20H20ClN3O2S. The number of nitrogens with zero attached hydrogens (tertiary/aromatic N) is 2. The Morgan fingerprint density at radius 1 is 1.26 bits per heavy atom. The van der Waals surface area contributed by atoms with Gasteiger partial charge in [-0.2, -0.15) is 0 Å². The molecule has 0 radical (unpaired) electrons. The second kappa shape index (κ2) is 8.59. The molecule has 1 saturated heterocycles. The van der Waals surface area contributed by atoms with Crippen molar-refractivity contribution in [1.82, 2.24) is 4.90 Å². The first-order chi connectivity index (χ1) is 13.0. The van der Waals surface area contributed by atoms with Crippen molar-refractivity contribution in [2.75, 3.05) is 11.9 Å². The summed E-state index contributed by atoms with van der Waals surface area (Å²) in [5.41, 5.74) is 2.48. The van der Waals surface area contributed by atoms with Crippen LogP contribution in [-0.2, 0) is 9.59 Å². The maximum absolute atomic E-state index is 12.7. The molecule has 2 amide bonds. The lowest BCUT2D eigenvalue weighted by atomic mass is 10.2. The third-order valence-corrected chi connectivity index (χ3v) is 5.56. The Kier molecular flexibility index (Phi) is 6.19.